The number of hydrogen-bond donors (Lipinski definition) is 1. The highest BCUT2D eigenvalue weighted by molar-refractivity contribution is 5.86. The lowest BCUT2D eigenvalue weighted by molar-refractivity contribution is -0.912. The van der Waals surface area contributed by atoms with E-state index in [0.29, 0.717) is 0 Å². The average molecular weight is 284 g/mol. The molecule has 0 aliphatic heterocycles. The van der Waals surface area contributed by atoms with Gasteiger partial charge in [0.05, 0.1) is 7.05 Å². The summed E-state index contributed by atoms with van der Waals surface area (Å²) >= 11 is 0. The number of carboxylic acids is 1. The molecule has 0 heterocycles. The second-order valence-corrected chi connectivity index (χ2v) is 4.58. The molecule has 0 radical (unpaired) electrons. The largest absolute Gasteiger partial charge is 0.477 e. The summed E-state index contributed by atoms with van der Waals surface area (Å²) < 4.78 is 41.0. The maximum Gasteiger partial charge on any atom is 0.438 e. The molecule has 0 aromatic heterocycles. The van der Waals surface area contributed by atoms with Crippen LogP contribution in [0.1, 0.15) is 6.92 Å². The molecule has 8 heteroatoms. The van der Waals surface area contributed by atoms with Gasteiger partial charge in [0.15, 0.2) is 13.1 Å². The number of ether oxygens (including phenoxy) is 1. The molecule has 0 aliphatic carbocycles. The van der Waals surface area contributed by atoms with E-state index in [1.165, 1.54) is 6.92 Å². The summed E-state index contributed by atoms with van der Waals surface area (Å²) in [5.41, 5.74) is 0.128. The number of rotatable bonds is 7. The minimum atomic E-state index is -4.50. The van der Waals surface area contributed by atoms with Gasteiger partial charge in [0.2, 0.25) is 0 Å². The van der Waals surface area contributed by atoms with E-state index >= 15 is 0 Å². The molecule has 0 aromatic rings. The predicted molar refractivity (Wildman–Crippen MR) is 60.2 cm³/mol. The van der Waals surface area contributed by atoms with E-state index in [1.807, 2.05) is 0 Å². The van der Waals surface area contributed by atoms with Gasteiger partial charge in [0.25, 0.3) is 0 Å². The van der Waals surface area contributed by atoms with E-state index in [2.05, 4.69) is 11.3 Å². The van der Waals surface area contributed by atoms with Gasteiger partial charge >= 0.3 is 18.1 Å². The first-order valence-corrected chi connectivity index (χ1v) is 5.40. The maximum absolute atomic E-state index is 12.4. The molecule has 1 unspecified atom stereocenters. The first-order valence-electron chi connectivity index (χ1n) is 5.40. The van der Waals surface area contributed by atoms with Crippen molar-refractivity contribution in [1.29, 1.82) is 0 Å². The van der Waals surface area contributed by atoms with Gasteiger partial charge in [0, 0.05) is 5.57 Å². The molecule has 0 saturated carbocycles. The summed E-state index contributed by atoms with van der Waals surface area (Å²) in [6.45, 7) is 2.18. The molecule has 0 amide bonds. The molecule has 5 nitrogen and oxygen atoms in total. The van der Waals surface area contributed by atoms with E-state index in [9.17, 15) is 22.8 Å². The zero-order chi connectivity index (χ0) is 15.3. The normalized spacial score (nSPS) is 14.6. The second-order valence-electron chi connectivity index (χ2n) is 4.58. The Morgan fingerprint density at radius 1 is 1.37 bits per heavy atom. The smallest absolute Gasteiger partial charge is 0.438 e. The monoisotopic (exact) mass is 284 g/mol. The maximum atomic E-state index is 12.4. The van der Waals surface area contributed by atoms with Gasteiger partial charge in [0.1, 0.15) is 13.2 Å². The Morgan fingerprint density at radius 2 is 1.89 bits per heavy atom. The summed E-state index contributed by atoms with van der Waals surface area (Å²) in [6, 6.07) is 0. The first kappa shape index (κ1) is 17.4. The standard InChI is InChI=1S/C11H16F3NO4/c1-8(2)10(18)19-5-4-15(3,6-9(16)17)7-11(12,13)14/h1,4-7H2,2-3H3/p+1. The van der Waals surface area contributed by atoms with Crippen LogP contribution >= 0.6 is 0 Å². The number of hydrogen-bond acceptors (Lipinski definition) is 3. The van der Waals surface area contributed by atoms with Crippen molar-refractivity contribution >= 4 is 11.9 Å². The number of esters is 1. The Kier molecular flexibility index (Phi) is 6.01. The first-order chi connectivity index (χ1) is 8.45. The summed E-state index contributed by atoms with van der Waals surface area (Å²) in [6.07, 6.45) is -4.50. The van der Waals surface area contributed by atoms with E-state index in [1.54, 1.807) is 0 Å². The molecule has 0 aromatic carbocycles. The number of carboxylic acid groups (broad SMARTS) is 1. The fourth-order valence-corrected chi connectivity index (χ4v) is 1.46. The van der Waals surface area contributed by atoms with Crippen molar-refractivity contribution in [2.75, 3.05) is 33.3 Å². The summed E-state index contributed by atoms with van der Waals surface area (Å²) in [5.74, 6) is -2.06. The number of nitrogens with zero attached hydrogens (tertiary/aromatic N) is 1. The van der Waals surface area contributed by atoms with Crippen molar-refractivity contribution in [3.63, 3.8) is 0 Å². The third-order valence-electron chi connectivity index (χ3n) is 2.29. The lowest BCUT2D eigenvalue weighted by Gasteiger charge is -2.33. The molecule has 0 fully saturated rings. The number of carbonyl (C=O) groups is 2. The fraction of sp³-hybridized carbons (Fsp3) is 0.636. The number of alkyl halides is 3. The van der Waals surface area contributed by atoms with Crippen LogP contribution in [0.15, 0.2) is 12.2 Å². The third kappa shape index (κ3) is 8.20. The Bertz CT molecular complexity index is 367. The van der Waals surface area contributed by atoms with Crippen LogP contribution in [0.5, 0.6) is 0 Å². The fourth-order valence-electron chi connectivity index (χ4n) is 1.46. The molecule has 0 rings (SSSR count). The minimum absolute atomic E-state index is 0.128. The third-order valence-corrected chi connectivity index (χ3v) is 2.29. The van der Waals surface area contributed by atoms with Crippen LogP contribution in [-0.2, 0) is 14.3 Å². The molecule has 19 heavy (non-hydrogen) atoms. The highest BCUT2D eigenvalue weighted by atomic mass is 19.4. The van der Waals surface area contributed by atoms with E-state index in [0.717, 1.165) is 7.05 Å². The van der Waals surface area contributed by atoms with Crippen molar-refractivity contribution in [3.05, 3.63) is 12.2 Å². The predicted octanol–water partition coefficient (Wildman–Crippen LogP) is 1.20. The van der Waals surface area contributed by atoms with Crippen LogP contribution < -0.4 is 0 Å². The summed E-state index contributed by atoms with van der Waals surface area (Å²) in [5, 5.41) is 8.64. The van der Waals surface area contributed by atoms with Crippen LogP contribution in [0, 0.1) is 0 Å². The molecule has 1 N–H and O–H groups in total. The zero-order valence-corrected chi connectivity index (χ0v) is 10.8. The van der Waals surface area contributed by atoms with Gasteiger partial charge in [-0.2, -0.15) is 13.2 Å². The second kappa shape index (κ2) is 6.55. The molecule has 0 spiro atoms. The highest BCUT2D eigenvalue weighted by Gasteiger charge is 2.40. The number of aliphatic carboxylic acids is 1. The van der Waals surface area contributed by atoms with Crippen molar-refractivity contribution in [3.8, 4) is 0 Å². The van der Waals surface area contributed by atoms with Gasteiger partial charge in [-0.25, -0.2) is 9.59 Å². The van der Waals surface area contributed by atoms with Crippen molar-refractivity contribution in [1.82, 2.24) is 0 Å². The zero-order valence-electron chi connectivity index (χ0n) is 10.8. The summed E-state index contributed by atoms with van der Waals surface area (Å²) in [4.78, 5) is 21.7. The number of likely N-dealkylation sites (N-methyl/N-ethyl adjacent to an activating group) is 1. The van der Waals surface area contributed by atoms with Crippen LogP contribution in [0.3, 0.4) is 0 Å². The quantitative estimate of drug-likeness (QED) is 0.433. The Morgan fingerprint density at radius 3 is 2.26 bits per heavy atom. The van der Waals surface area contributed by atoms with Gasteiger partial charge in [-0.1, -0.05) is 6.58 Å². The number of halogens is 3. The SMILES string of the molecule is C=C(C)C(=O)OCC[N+](C)(CC(=O)O)CC(F)(F)F. The van der Waals surface area contributed by atoms with Gasteiger partial charge in [-0.05, 0) is 6.92 Å². The van der Waals surface area contributed by atoms with Crippen LogP contribution in [0.4, 0.5) is 13.2 Å². The molecule has 0 bridgehead atoms. The number of quaternary nitrogens is 1. The van der Waals surface area contributed by atoms with Crippen LogP contribution in [0.2, 0.25) is 0 Å². The van der Waals surface area contributed by atoms with Crippen LogP contribution in [0.25, 0.3) is 0 Å². The van der Waals surface area contributed by atoms with Crippen molar-refractivity contribution in [2.24, 2.45) is 0 Å². The van der Waals surface area contributed by atoms with Gasteiger partial charge in [-0.3, -0.25) is 0 Å². The molecule has 0 aliphatic rings. The molecule has 0 saturated heterocycles. The van der Waals surface area contributed by atoms with E-state index in [-0.39, 0.29) is 18.7 Å². The summed E-state index contributed by atoms with van der Waals surface area (Å²) in [7, 11) is 1.15. The lowest BCUT2D eigenvalue weighted by atomic mass is 10.3. The van der Waals surface area contributed by atoms with E-state index in [4.69, 9.17) is 5.11 Å². The van der Waals surface area contributed by atoms with Crippen molar-refractivity contribution < 1.29 is 37.1 Å². The molecular weight excluding hydrogens is 267 g/mol. The lowest BCUT2D eigenvalue weighted by Crippen LogP contribution is -2.54. The van der Waals surface area contributed by atoms with Gasteiger partial charge in [-0.15, -0.1) is 0 Å². The van der Waals surface area contributed by atoms with Gasteiger partial charge < -0.3 is 14.3 Å². The highest BCUT2D eigenvalue weighted by Crippen LogP contribution is 2.20. The number of carbonyl (C=O) groups excluding carboxylic acids is 1. The molecule has 110 valence electrons. The van der Waals surface area contributed by atoms with Crippen molar-refractivity contribution in [2.45, 2.75) is 13.1 Å². The Hall–Kier alpha value is -1.57. The molecular formula is C11H17F3NO4+. The average Bonchev–Trinajstić information content (AvgIpc) is 2.11. The van der Waals surface area contributed by atoms with E-state index < -0.39 is 35.7 Å². The molecule has 1 atom stereocenters. The Balaban J connectivity index is 4.55. The topological polar surface area (TPSA) is 63.6 Å². The minimum Gasteiger partial charge on any atom is -0.477 e. The van der Waals surface area contributed by atoms with Crippen LogP contribution in [-0.4, -0.2) is 61.0 Å². The Labute approximate surface area is 108 Å².